The van der Waals surface area contributed by atoms with Crippen LogP contribution in [-0.4, -0.2) is 21.4 Å². The van der Waals surface area contributed by atoms with Crippen molar-refractivity contribution in [2.45, 2.75) is 6.92 Å². The molecule has 0 saturated heterocycles. The summed E-state index contributed by atoms with van der Waals surface area (Å²) in [7, 11) is 0. The number of oxazole rings is 1. The summed E-state index contributed by atoms with van der Waals surface area (Å²) in [6.07, 6.45) is 1.55. The molecule has 0 unspecified atom stereocenters. The number of hydrogen-bond donors (Lipinski definition) is 2. The lowest BCUT2D eigenvalue weighted by Gasteiger charge is -2.04. The molecule has 0 aliphatic carbocycles. The maximum absolute atomic E-state index is 10.3. The molecule has 0 aliphatic heterocycles. The Hall–Kier alpha value is -2.64. The van der Waals surface area contributed by atoms with Crippen LogP contribution in [0.15, 0.2) is 66.9 Å². The fourth-order valence-corrected chi connectivity index (χ4v) is 4.01. The molecule has 28 heavy (non-hydrogen) atoms. The van der Waals surface area contributed by atoms with Gasteiger partial charge in [-0.15, -0.1) is 0 Å². The normalized spacial score (nSPS) is 11.5. The van der Waals surface area contributed by atoms with E-state index in [-0.39, 0.29) is 11.5 Å². The molecule has 5 nitrogen and oxygen atoms in total. The molecule has 1 aromatic heterocycles. The van der Waals surface area contributed by atoms with Crippen LogP contribution in [-0.2, 0) is 0 Å². The lowest BCUT2D eigenvalue weighted by molar-refractivity contribution is 0.471. The van der Waals surface area contributed by atoms with Gasteiger partial charge < -0.3 is 14.6 Å². The van der Waals surface area contributed by atoms with Gasteiger partial charge in [0.2, 0.25) is 5.89 Å². The highest BCUT2D eigenvalue weighted by Crippen LogP contribution is 2.35. The second-order valence-electron chi connectivity index (χ2n) is 6.28. The quantitative estimate of drug-likeness (QED) is 0.314. The zero-order chi connectivity index (χ0) is 19.8. The van der Waals surface area contributed by atoms with Crippen LogP contribution in [0.3, 0.4) is 0 Å². The van der Waals surface area contributed by atoms with Crippen LogP contribution in [0, 0.1) is 6.92 Å². The molecular formula is C21H14Br2N2O3. The fraction of sp³-hybridized carbons (Fsp3) is 0.0476. The Morgan fingerprint density at radius 1 is 1.04 bits per heavy atom. The number of hydrogen-bond acceptors (Lipinski definition) is 5. The minimum Gasteiger partial charge on any atom is -0.507 e. The molecular weight excluding hydrogens is 488 g/mol. The van der Waals surface area contributed by atoms with Gasteiger partial charge in [-0.05, 0) is 70.9 Å². The lowest BCUT2D eigenvalue weighted by atomic mass is 10.1. The second kappa shape index (κ2) is 7.41. The van der Waals surface area contributed by atoms with Crippen LogP contribution < -0.4 is 0 Å². The SMILES string of the molecule is Cc1ccc2oc(-c3cc(N=Cc4cc(Br)cc(Br)c4O)ccc3O)nc2c1. The number of aromatic nitrogens is 1. The van der Waals surface area contributed by atoms with Gasteiger partial charge in [-0.1, -0.05) is 22.0 Å². The van der Waals surface area contributed by atoms with Crippen molar-refractivity contribution < 1.29 is 14.6 Å². The van der Waals surface area contributed by atoms with Crippen LogP contribution >= 0.6 is 31.9 Å². The van der Waals surface area contributed by atoms with Crippen molar-refractivity contribution in [3.8, 4) is 23.0 Å². The molecule has 140 valence electrons. The van der Waals surface area contributed by atoms with Crippen LogP contribution in [0.1, 0.15) is 11.1 Å². The molecule has 4 rings (SSSR count). The molecule has 0 saturated carbocycles. The van der Waals surface area contributed by atoms with Crippen LogP contribution in [0.5, 0.6) is 11.5 Å². The highest BCUT2D eigenvalue weighted by molar-refractivity contribution is 9.11. The Bertz CT molecular complexity index is 1230. The summed E-state index contributed by atoms with van der Waals surface area (Å²) in [4.78, 5) is 8.88. The van der Waals surface area contributed by atoms with E-state index in [9.17, 15) is 10.2 Å². The molecule has 4 aromatic rings. The molecule has 3 aromatic carbocycles. The maximum Gasteiger partial charge on any atom is 0.231 e. The molecule has 1 heterocycles. The number of nitrogens with zero attached hydrogens (tertiary/aromatic N) is 2. The number of phenols is 2. The van der Waals surface area contributed by atoms with Crippen molar-refractivity contribution in [3.63, 3.8) is 0 Å². The molecule has 7 heteroatoms. The van der Waals surface area contributed by atoms with E-state index in [4.69, 9.17) is 4.42 Å². The third-order valence-electron chi connectivity index (χ3n) is 4.16. The Balaban J connectivity index is 1.73. The van der Waals surface area contributed by atoms with Crippen molar-refractivity contribution in [2.24, 2.45) is 4.99 Å². The average molecular weight is 502 g/mol. The van der Waals surface area contributed by atoms with Crippen LogP contribution in [0.4, 0.5) is 5.69 Å². The number of benzene rings is 3. The van der Waals surface area contributed by atoms with Crippen molar-refractivity contribution in [2.75, 3.05) is 0 Å². The zero-order valence-electron chi connectivity index (χ0n) is 14.6. The Labute approximate surface area is 177 Å². The minimum absolute atomic E-state index is 0.0512. The Morgan fingerprint density at radius 2 is 1.86 bits per heavy atom. The molecule has 0 aliphatic rings. The van der Waals surface area contributed by atoms with Gasteiger partial charge in [0.15, 0.2) is 5.58 Å². The van der Waals surface area contributed by atoms with Gasteiger partial charge >= 0.3 is 0 Å². The summed E-state index contributed by atoms with van der Waals surface area (Å²) in [5.74, 6) is 0.471. The lowest BCUT2D eigenvalue weighted by Crippen LogP contribution is -1.85. The van der Waals surface area contributed by atoms with Gasteiger partial charge in [-0.2, -0.15) is 0 Å². The van der Waals surface area contributed by atoms with E-state index < -0.39 is 0 Å². The van der Waals surface area contributed by atoms with E-state index in [1.54, 1.807) is 36.5 Å². The molecule has 0 amide bonds. The van der Waals surface area contributed by atoms with Crippen molar-refractivity contribution >= 4 is 54.9 Å². The topological polar surface area (TPSA) is 78.9 Å². The fourth-order valence-electron chi connectivity index (χ4n) is 2.76. The number of fused-ring (bicyclic) bond motifs is 1. The highest BCUT2D eigenvalue weighted by atomic mass is 79.9. The number of aliphatic imine (C=N–C) groups is 1. The van der Waals surface area contributed by atoms with E-state index in [0.717, 1.165) is 15.6 Å². The maximum atomic E-state index is 10.3. The third-order valence-corrected chi connectivity index (χ3v) is 5.23. The summed E-state index contributed by atoms with van der Waals surface area (Å²) < 4.78 is 7.16. The van der Waals surface area contributed by atoms with E-state index in [1.165, 1.54) is 0 Å². The first-order valence-electron chi connectivity index (χ1n) is 8.33. The smallest absolute Gasteiger partial charge is 0.231 e. The molecule has 0 bridgehead atoms. The highest BCUT2D eigenvalue weighted by Gasteiger charge is 2.13. The van der Waals surface area contributed by atoms with E-state index in [0.29, 0.717) is 32.8 Å². The summed E-state index contributed by atoms with van der Waals surface area (Å²) in [6, 6.07) is 14.1. The molecule has 0 atom stereocenters. The summed E-state index contributed by atoms with van der Waals surface area (Å²) in [6.45, 7) is 1.98. The Kier molecular flexibility index (Phi) is 4.95. The molecule has 2 N–H and O–H groups in total. The summed E-state index contributed by atoms with van der Waals surface area (Å²) >= 11 is 6.69. The van der Waals surface area contributed by atoms with Gasteiger partial charge in [0, 0.05) is 16.3 Å². The molecule has 0 radical (unpaired) electrons. The second-order valence-corrected chi connectivity index (χ2v) is 8.05. The van der Waals surface area contributed by atoms with Gasteiger partial charge in [0.25, 0.3) is 0 Å². The molecule has 0 fully saturated rings. The number of rotatable bonds is 3. The van der Waals surface area contributed by atoms with Crippen LogP contribution in [0.25, 0.3) is 22.6 Å². The third kappa shape index (κ3) is 3.68. The van der Waals surface area contributed by atoms with Crippen molar-refractivity contribution in [1.29, 1.82) is 0 Å². The Morgan fingerprint density at radius 3 is 2.68 bits per heavy atom. The van der Waals surface area contributed by atoms with Gasteiger partial charge in [0.05, 0.1) is 15.7 Å². The number of aryl methyl sites for hydroxylation is 1. The van der Waals surface area contributed by atoms with Gasteiger partial charge in [0.1, 0.15) is 17.0 Å². The van der Waals surface area contributed by atoms with Gasteiger partial charge in [-0.25, -0.2) is 4.98 Å². The van der Waals surface area contributed by atoms with Crippen molar-refractivity contribution in [3.05, 3.63) is 68.6 Å². The van der Waals surface area contributed by atoms with Gasteiger partial charge in [-0.3, -0.25) is 4.99 Å². The predicted octanol–water partition coefficient (Wildman–Crippen LogP) is 6.49. The number of halogens is 2. The van der Waals surface area contributed by atoms with E-state index >= 15 is 0 Å². The van der Waals surface area contributed by atoms with Crippen molar-refractivity contribution in [1.82, 2.24) is 4.98 Å². The number of aromatic hydroxyl groups is 2. The molecule has 0 spiro atoms. The predicted molar refractivity (Wildman–Crippen MR) is 117 cm³/mol. The standard InChI is InChI=1S/C21H14Br2N2O3/c1-11-2-5-19-17(6-11)25-21(28-19)15-9-14(3-4-18(15)26)24-10-12-7-13(22)8-16(23)20(12)27/h2-10,26-27H,1H3. The minimum atomic E-state index is 0.0512. The largest absolute Gasteiger partial charge is 0.507 e. The summed E-state index contributed by atoms with van der Waals surface area (Å²) in [5, 5.41) is 20.4. The zero-order valence-corrected chi connectivity index (χ0v) is 17.8. The monoisotopic (exact) mass is 500 g/mol. The van der Waals surface area contributed by atoms with Crippen LogP contribution in [0.2, 0.25) is 0 Å². The average Bonchev–Trinajstić information content (AvgIpc) is 3.07. The first kappa shape index (κ1) is 18.7. The van der Waals surface area contributed by atoms with E-state index in [1.807, 2.05) is 25.1 Å². The first-order valence-corrected chi connectivity index (χ1v) is 9.92. The first-order chi connectivity index (χ1) is 13.4. The van der Waals surface area contributed by atoms with E-state index in [2.05, 4.69) is 41.8 Å². The number of phenolic OH excluding ortho intramolecular Hbond substituents is 2. The summed E-state index contributed by atoms with van der Waals surface area (Å²) in [5.41, 5.74) is 4.04.